The Kier molecular flexibility index (Phi) is 5.98. The van der Waals surface area contributed by atoms with Crippen molar-refractivity contribution >= 4 is 17.3 Å². The lowest BCUT2D eigenvalue weighted by molar-refractivity contribution is -0.115. The Morgan fingerprint density at radius 1 is 1.09 bits per heavy atom. The van der Waals surface area contributed by atoms with Crippen LogP contribution in [0.25, 0.3) is 0 Å². The van der Waals surface area contributed by atoms with Crippen LogP contribution < -0.4 is 10.2 Å². The van der Waals surface area contributed by atoms with Crippen LogP contribution in [0, 0.1) is 0 Å². The monoisotopic (exact) mass is 298 g/mol. The molecular formula is C18H22N2O2. The molecule has 0 spiro atoms. The molecular weight excluding hydrogens is 276 g/mol. The third-order valence-corrected chi connectivity index (χ3v) is 3.50. The van der Waals surface area contributed by atoms with E-state index in [4.69, 9.17) is 0 Å². The summed E-state index contributed by atoms with van der Waals surface area (Å²) in [6.45, 7) is 2.70. The first-order valence-corrected chi connectivity index (χ1v) is 7.53. The lowest BCUT2D eigenvalue weighted by Crippen LogP contribution is -2.35. The van der Waals surface area contributed by atoms with Crippen LogP contribution in [0.1, 0.15) is 12.5 Å². The average molecular weight is 298 g/mol. The number of aliphatic hydroxyl groups is 1. The zero-order valence-corrected chi connectivity index (χ0v) is 12.8. The molecule has 0 fully saturated rings. The van der Waals surface area contributed by atoms with E-state index in [0.717, 1.165) is 23.4 Å². The zero-order valence-electron chi connectivity index (χ0n) is 12.8. The highest BCUT2D eigenvalue weighted by Gasteiger charge is 2.12. The van der Waals surface area contributed by atoms with Crippen molar-refractivity contribution in [1.29, 1.82) is 0 Å². The Morgan fingerprint density at radius 3 is 2.45 bits per heavy atom. The normalized spacial score (nSPS) is 10.3. The molecule has 0 heterocycles. The SMILES string of the molecule is CCc1ccccc1NC(=O)CN(CCO)c1ccccc1. The molecule has 0 saturated heterocycles. The van der Waals surface area contributed by atoms with E-state index < -0.39 is 0 Å². The van der Waals surface area contributed by atoms with E-state index in [1.807, 2.05) is 59.5 Å². The van der Waals surface area contributed by atoms with E-state index in [0.29, 0.717) is 6.54 Å². The summed E-state index contributed by atoms with van der Waals surface area (Å²) >= 11 is 0. The molecule has 0 aromatic heterocycles. The number of aliphatic hydroxyl groups excluding tert-OH is 1. The maximum atomic E-state index is 12.3. The van der Waals surface area contributed by atoms with E-state index in [2.05, 4.69) is 12.2 Å². The fourth-order valence-corrected chi connectivity index (χ4v) is 2.37. The Balaban J connectivity index is 2.05. The van der Waals surface area contributed by atoms with Crippen molar-refractivity contribution in [1.82, 2.24) is 0 Å². The molecule has 2 aromatic carbocycles. The summed E-state index contributed by atoms with van der Waals surface area (Å²) in [4.78, 5) is 14.2. The van der Waals surface area contributed by atoms with Crippen LogP contribution in [0.15, 0.2) is 54.6 Å². The molecule has 0 unspecified atom stereocenters. The van der Waals surface area contributed by atoms with Crippen LogP contribution in [0.2, 0.25) is 0 Å². The maximum absolute atomic E-state index is 12.3. The molecule has 0 atom stereocenters. The van der Waals surface area contributed by atoms with Crippen molar-refractivity contribution in [2.24, 2.45) is 0 Å². The summed E-state index contributed by atoms with van der Waals surface area (Å²) in [6.07, 6.45) is 0.871. The van der Waals surface area contributed by atoms with Gasteiger partial charge in [0.05, 0.1) is 13.2 Å². The number of nitrogens with zero attached hydrogens (tertiary/aromatic N) is 1. The molecule has 0 aliphatic heterocycles. The van der Waals surface area contributed by atoms with Gasteiger partial charge in [-0.3, -0.25) is 4.79 Å². The minimum absolute atomic E-state index is 0.00766. The van der Waals surface area contributed by atoms with Crippen molar-refractivity contribution in [3.05, 3.63) is 60.2 Å². The first-order chi connectivity index (χ1) is 10.7. The number of nitrogens with one attached hydrogen (secondary N) is 1. The first kappa shape index (κ1) is 16.0. The largest absolute Gasteiger partial charge is 0.395 e. The van der Waals surface area contributed by atoms with Gasteiger partial charge in [0.15, 0.2) is 0 Å². The van der Waals surface area contributed by atoms with Gasteiger partial charge >= 0.3 is 0 Å². The fourth-order valence-electron chi connectivity index (χ4n) is 2.37. The van der Waals surface area contributed by atoms with Gasteiger partial charge in [0.25, 0.3) is 0 Å². The molecule has 2 rings (SSSR count). The molecule has 0 saturated carbocycles. The number of rotatable bonds is 7. The third-order valence-electron chi connectivity index (χ3n) is 3.50. The van der Waals surface area contributed by atoms with Gasteiger partial charge < -0.3 is 15.3 Å². The summed E-state index contributed by atoms with van der Waals surface area (Å²) in [5.41, 5.74) is 2.90. The van der Waals surface area contributed by atoms with Crippen molar-refractivity contribution in [3.8, 4) is 0 Å². The Bertz CT molecular complexity index is 599. The molecule has 0 aliphatic carbocycles. The minimum atomic E-state index is -0.0850. The van der Waals surface area contributed by atoms with Gasteiger partial charge in [0.2, 0.25) is 5.91 Å². The first-order valence-electron chi connectivity index (χ1n) is 7.53. The van der Waals surface area contributed by atoms with E-state index in [1.165, 1.54) is 0 Å². The predicted octanol–water partition coefficient (Wildman–Crippen LogP) is 2.69. The van der Waals surface area contributed by atoms with E-state index in [9.17, 15) is 9.90 Å². The maximum Gasteiger partial charge on any atom is 0.243 e. The summed E-state index contributed by atoms with van der Waals surface area (Å²) in [7, 11) is 0. The summed E-state index contributed by atoms with van der Waals surface area (Å²) < 4.78 is 0. The molecule has 0 aliphatic rings. The third kappa shape index (κ3) is 4.33. The Morgan fingerprint density at radius 2 is 1.77 bits per heavy atom. The second-order valence-electron chi connectivity index (χ2n) is 5.04. The highest BCUT2D eigenvalue weighted by Crippen LogP contribution is 2.16. The van der Waals surface area contributed by atoms with Gasteiger partial charge in [0, 0.05) is 17.9 Å². The average Bonchev–Trinajstić information content (AvgIpc) is 2.56. The van der Waals surface area contributed by atoms with Crippen LogP contribution in [-0.4, -0.2) is 30.7 Å². The number of para-hydroxylation sites is 2. The molecule has 116 valence electrons. The molecule has 4 nitrogen and oxygen atoms in total. The minimum Gasteiger partial charge on any atom is -0.395 e. The van der Waals surface area contributed by atoms with E-state index >= 15 is 0 Å². The number of hydrogen-bond acceptors (Lipinski definition) is 3. The summed E-state index contributed by atoms with van der Waals surface area (Å²) in [5, 5.41) is 12.2. The number of hydrogen-bond donors (Lipinski definition) is 2. The van der Waals surface area contributed by atoms with Gasteiger partial charge in [-0.2, -0.15) is 0 Å². The highest BCUT2D eigenvalue weighted by atomic mass is 16.3. The molecule has 0 bridgehead atoms. The van der Waals surface area contributed by atoms with Crippen LogP contribution in [0.3, 0.4) is 0 Å². The van der Waals surface area contributed by atoms with E-state index in [1.54, 1.807) is 0 Å². The van der Waals surface area contributed by atoms with E-state index in [-0.39, 0.29) is 19.1 Å². The summed E-state index contributed by atoms with van der Waals surface area (Å²) in [6, 6.07) is 17.4. The zero-order chi connectivity index (χ0) is 15.8. The predicted molar refractivity (Wildman–Crippen MR) is 90.2 cm³/mol. The number of carbonyl (C=O) groups excluding carboxylic acids is 1. The second-order valence-corrected chi connectivity index (χ2v) is 5.04. The van der Waals surface area contributed by atoms with Crippen molar-refractivity contribution in [2.45, 2.75) is 13.3 Å². The number of anilines is 2. The second kappa shape index (κ2) is 8.20. The fraction of sp³-hybridized carbons (Fsp3) is 0.278. The topological polar surface area (TPSA) is 52.6 Å². The Hall–Kier alpha value is -2.33. The Labute approximate surface area is 131 Å². The molecule has 2 N–H and O–H groups in total. The lowest BCUT2D eigenvalue weighted by atomic mass is 10.1. The van der Waals surface area contributed by atoms with Crippen LogP contribution in [0.5, 0.6) is 0 Å². The van der Waals surface area contributed by atoms with Gasteiger partial charge in [-0.1, -0.05) is 43.3 Å². The van der Waals surface area contributed by atoms with Gasteiger partial charge in [-0.15, -0.1) is 0 Å². The smallest absolute Gasteiger partial charge is 0.243 e. The summed E-state index contributed by atoms with van der Waals surface area (Å²) in [5.74, 6) is -0.0850. The molecule has 0 radical (unpaired) electrons. The van der Waals surface area contributed by atoms with Crippen LogP contribution in [0.4, 0.5) is 11.4 Å². The highest BCUT2D eigenvalue weighted by molar-refractivity contribution is 5.94. The van der Waals surface area contributed by atoms with Gasteiger partial charge in [-0.05, 0) is 30.2 Å². The molecule has 4 heteroatoms. The number of amides is 1. The van der Waals surface area contributed by atoms with Crippen molar-refractivity contribution < 1.29 is 9.90 Å². The van der Waals surface area contributed by atoms with Crippen LogP contribution in [-0.2, 0) is 11.2 Å². The standard InChI is InChI=1S/C18H22N2O2/c1-2-15-8-6-7-11-17(15)19-18(22)14-20(12-13-21)16-9-4-3-5-10-16/h3-11,21H,2,12-14H2,1H3,(H,19,22). The number of aryl methyl sites for hydroxylation is 1. The quantitative estimate of drug-likeness (QED) is 0.826. The van der Waals surface area contributed by atoms with Crippen molar-refractivity contribution in [2.75, 3.05) is 29.9 Å². The van der Waals surface area contributed by atoms with Gasteiger partial charge in [0.1, 0.15) is 0 Å². The number of carbonyl (C=O) groups is 1. The van der Waals surface area contributed by atoms with Crippen molar-refractivity contribution in [3.63, 3.8) is 0 Å². The van der Waals surface area contributed by atoms with Crippen LogP contribution >= 0.6 is 0 Å². The molecule has 1 amide bonds. The molecule has 22 heavy (non-hydrogen) atoms. The molecule has 2 aromatic rings. The lowest BCUT2D eigenvalue weighted by Gasteiger charge is -2.23. The number of benzene rings is 2. The van der Waals surface area contributed by atoms with Gasteiger partial charge in [-0.25, -0.2) is 0 Å².